The zero-order valence-electron chi connectivity index (χ0n) is 20.4. The van der Waals surface area contributed by atoms with Gasteiger partial charge in [-0.1, -0.05) is 31.2 Å². The molecule has 2 heterocycles. The number of hydroxylamine groups is 1. The van der Waals surface area contributed by atoms with Gasteiger partial charge in [0.25, 0.3) is 5.91 Å². The van der Waals surface area contributed by atoms with Gasteiger partial charge in [0.15, 0.2) is 17.6 Å². The third-order valence-corrected chi connectivity index (χ3v) is 6.44. The van der Waals surface area contributed by atoms with Gasteiger partial charge in [-0.15, -0.1) is 0 Å². The lowest BCUT2D eigenvalue weighted by atomic mass is 9.90. The molecule has 0 aliphatic carbocycles. The van der Waals surface area contributed by atoms with E-state index in [4.69, 9.17) is 19.0 Å². The largest absolute Gasteiger partial charge is 0.494 e. The Morgan fingerprint density at radius 2 is 1.56 bits per heavy atom. The summed E-state index contributed by atoms with van der Waals surface area (Å²) in [4.78, 5) is 34.7. The maximum Gasteiger partial charge on any atom is 0.266 e. The number of rotatable bonds is 8. The van der Waals surface area contributed by atoms with Gasteiger partial charge in [-0.25, -0.2) is 9.96 Å². The molecule has 8 heteroatoms. The SMILES string of the molecule is CCCOc1ccc(N2C(=O)[C@@H]3[C@H](ON(c4ccccc4)[C@H]3c3ccc(OC)c(OC)c3)C2=O)cc1. The molecule has 3 aromatic carbocycles. The number of amides is 2. The van der Waals surface area contributed by atoms with Crippen molar-refractivity contribution in [3.63, 3.8) is 0 Å². The topological polar surface area (TPSA) is 77.5 Å². The number of carbonyl (C=O) groups is 2. The zero-order valence-corrected chi connectivity index (χ0v) is 20.4. The molecule has 2 aliphatic rings. The Morgan fingerprint density at radius 3 is 2.22 bits per heavy atom. The van der Waals surface area contributed by atoms with Crippen molar-refractivity contribution in [2.75, 3.05) is 30.8 Å². The summed E-state index contributed by atoms with van der Waals surface area (Å²) in [6.07, 6.45) is -0.0621. The van der Waals surface area contributed by atoms with Crippen LogP contribution in [0.5, 0.6) is 17.2 Å². The van der Waals surface area contributed by atoms with E-state index >= 15 is 0 Å². The summed E-state index contributed by atoms with van der Waals surface area (Å²) in [6, 6.07) is 21.4. The molecule has 8 nitrogen and oxygen atoms in total. The molecule has 2 fully saturated rings. The van der Waals surface area contributed by atoms with E-state index < -0.39 is 24.0 Å². The molecule has 2 aliphatic heterocycles. The predicted octanol–water partition coefficient (Wildman–Crippen LogP) is 4.54. The van der Waals surface area contributed by atoms with Crippen molar-refractivity contribution in [3.8, 4) is 17.2 Å². The monoisotopic (exact) mass is 488 g/mol. The van der Waals surface area contributed by atoms with E-state index in [0.717, 1.165) is 17.7 Å². The lowest BCUT2D eigenvalue weighted by molar-refractivity contribution is -0.126. The number of anilines is 2. The number of nitrogens with zero attached hydrogens (tertiary/aromatic N) is 2. The Balaban J connectivity index is 1.52. The van der Waals surface area contributed by atoms with Gasteiger partial charge in [-0.05, 0) is 60.5 Å². The fourth-order valence-electron chi connectivity index (χ4n) is 4.75. The van der Waals surface area contributed by atoms with Gasteiger partial charge >= 0.3 is 0 Å². The van der Waals surface area contributed by atoms with Crippen LogP contribution in [0.1, 0.15) is 24.9 Å². The molecular weight excluding hydrogens is 460 g/mol. The highest BCUT2D eigenvalue weighted by Crippen LogP contribution is 2.48. The second kappa shape index (κ2) is 9.91. The van der Waals surface area contributed by atoms with Crippen LogP contribution in [0, 0.1) is 5.92 Å². The Kier molecular flexibility index (Phi) is 6.52. The number of imide groups is 1. The number of benzene rings is 3. The van der Waals surface area contributed by atoms with Crippen molar-refractivity contribution in [1.82, 2.24) is 0 Å². The molecule has 3 aromatic rings. The molecule has 0 unspecified atom stereocenters. The molecule has 5 rings (SSSR count). The predicted molar refractivity (Wildman–Crippen MR) is 134 cm³/mol. The van der Waals surface area contributed by atoms with Gasteiger partial charge in [-0.3, -0.25) is 14.4 Å². The first kappa shape index (κ1) is 23.7. The minimum Gasteiger partial charge on any atom is -0.494 e. The number of para-hydroxylation sites is 1. The summed E-state index contributed by atoms with van der Waals surface area (Å²) in [7, 11) is 3.13. The van der Waals surface area contributed by atoms with Crippen LogP contribution in [0.15, 0.2) is 72.8 Å². The summed E-state index contributed by atoms with van der Waals surface area (Å²) >= 11 is 0. The third-order valence-electron chi connectivity index (χ3n) is 6.44. The van der Waals surface area contributed by atoms with Gasteiger partial charge in [0.1, 0.15) is 11.7 Å². The van der Waals surface area contributed by atoms with Crippen LogP contribution < -0.4 is 24.2 Å². The van der Waals surface area contributed by atoms with Crippen LogP contribution in [0.4, 0.5) is 11.4 Å². The third kappa shape index (κ3) is 4.03. The number of ether oxygens (including phenoxy) is 3. The first-order chi connectivity index (χ1) is 17.6. The Bertz CT molecular complexity index is 1250. The number of fused-ring (bicyclic) bond motifs is 1. The second-order valence-electron chi connectivity index (χ2n) is 8.63. The van der Waals surface area contributed by atoms with Crippen LogP contribution in [-0.4, -0.2) is 38.7 Å². The molecule has 0 bridgehead atoms. The van der Waals surface area contributed by atoms with E-state index in [9.17, 15) is 9.59 Å². The molecule has 0 N–H and O–H groups in total. The van der Waals surface area contributed by atoms with Crippen LogP contribution in [0.25, 0.3) is 0 Å². The van der Waals surface area contributed by atoms with E-state index in [2.05, 4.69) is 0 Å². The van der Waals surface area contributed by atoms with E-state index in [1.165, 1.54) is 4.90 Å². The molecule has 0 saturated carbocycles. The Hall–Kier alpha value is -4.04. The summed E-state index contributed by atoms with van der Waals surface area (Å²) < 4.78 is 16.5. The first-order valence-electron chi connectivity index (χ1n) is 11.9. The molecule has 186 valence electrons. The number of carbonyl (C=O) groups excluding carboxylic acids is 2. The molecule has 0 spiro atoms. The van der Waals surface area contributed by atoms with E-state index in [1.54, 1.807) is 49.6 Å². The molecule has 3 atom stereocenters. The normalized spacial score (nSPS) is 21.0. The van der Waals surface area contributed by atoms with Gasteiger partial charge in [0, 0.05) is 0 Å². The Morgan fingerprint density at radius 1 is 0.833 bits per heavy atom. The Labute approximate surface area is 209 Å². The highest BCUT2D eigenvalue weighted by Gasteiger charge is 2.60. The molecule has 0 aromatic heterocycles. The van der Waals surface area contributed by atoms with Crippen LogP contribution in [0.3, 0.4) is 0 Å². The minimum atomic E-state index is -0.952. The van der Waals surface area contributed by atoms with Crippen molar-refractivity contribution in [2.24, 2.45) is 5.92 Å². The lowest BCUT2D eigenvalue weighted by Crippen LogP contribution is -2.37. The molecule has 2 saturated heterocycles. The summed E-state index contributed by atoms with van der Waals surface area (Å²) in [5.74, 6) is 0.342. The van der Waals surface area contributed by atoms with Gasteiger partial charge in [0.05, 0.1) is 38.2 Å². The van der Waals surface area contributed by atoms with Gasteiger partial charge < -0.3 is 14.2 Å². The van der Waals surface area contributed by atoms with Gasteiger partial charge in [0.2, 0.25) is 5.91 Å². The molecule has 2 amide bonds. The van der Waals surface area contributed by atoms with Gasteiger partial charge in [-0.2, -0.15) is 0 Å². The quantitative estimate of drug-likeness (QED) is 0.431. The van der Waals surface area contributed by atoms with E-state index in [0.29, 0.717) is 29.5 Å². The standard InChI is InChI=1S/C28H28N2O6/c1-4-16-35-21-13-11-19(12-14-21)29-27(31)24-25(18-10-15-22(33-2)23(17-18)34-3)30(36-26(24)28(29)32)20-8-6-5-7-9-20/h5-15,17,24-26H,4,16H2,1-3H3/t24-,25-,26-/m0/s1. The molecule has 0 radical (unpaired) electrons. The first-order valence-corrected chi connectivity index (χ1v) is 11.9. The fraction of sp³-hybridized carbons (Fsp3) is 0.286. The molecule has 36 heavy (non-hydrogen) atoms. The average Bonchev–Trinajstić information content (AvgIpc) is 3.43. The lowest BCUT2D eigenvalue weighted by Gasteiger charge is -2.29. The van der Waals surface area contributed by atoms with Crippen LogP contribution >= 0.6 is 0 Å². The number of hydrogen-bond acceptors (Lipinski definition) is 7. The summed E-state index contributed by atoms with van der Waals surface area (Å²) in [5.41, 5.74) is 2.01. The maximum atomic E-state index is 13.8. The summed E-state index contributed by atoms with van der Waals surface area (Å²) in [6.45, 7) is 2.63. The highest BCUT2D eigenvalue weighted by molar-refractivity contribution is 6.23. The van der Waals surface area contributed by atoms with Crippen molar-refractivity contribution in [1.29, 1.82) is 0 Å². The maximum absolute atomic E-state index is 13.8. The average molecular weight is 489 g/mol. The summed E-state index contributed by atoms with van der Waals surface area (Å²) in [5, 5.41) is 1.66. The van der Waals surface area contributed by atoms with E-state index in [1.807, 2.05) is 49.4 Å². The minimum absolute atomic E-state index is 0.314. The number of methoxy groups -OCH3 is 2. The number of hydrogen-bond donors (Lipinski definition) is 0. The van der Waals surface area contributed by atoms with Crippen molar-refractivity contribution in [2.45, 2.75) is 25.5 Å². The highest BCUT2D eigenvalue weighted by atomic mass is 16.7. The van der Waals surface area contributed by atoms with Crippen LogP contribution in [-0.2, 0) is 14.4 Å². The van der Waals surface area contributed by atoms with Crippen molar-refractivity contribution >= 4 is 23.2 Å². The second-order valence-corrected chi connectivity index (χ2v) is 8.63. The molecular formula is C28H28N2O6. The smallest absolute Gasteiger partial charge is 0.266 e. The van der Waals surface area contributed by atoms with Crippen LogP contribution in [0.2, 0.25) is 0 Å². The fourth-order valence-corrected chi connectivity index (χ4v) is 4.75. The van der Waals surface area contributed by atoms with Crippen molar-refractivity contribution < 1.29 is 28.6 Å². The van der Waals surface area contributed by atoms with Crippen molar-refractivity contribution in [3.05, 3.63) is 78.4 Å². The van der Waals surface area contributed by atoms with E-state index in [-0.39, 0.29) is 5.91 Å². The zero-order chi connectivity index (χ0) is 25.2.